The number of H-pyrrole nitrogens is 1. The maximum Gasteiger partial charge on any atom is 0.387 e. The molecular weight excluding hydrogens is 332 g/mol. The molecule has 7 heteroatoms. The summed E-state index contributed by atoms with van der Waals surface area (Å²) in [5.41, 5.74) is 1.26. The highest BCUT2D eigenvalue weighted by atomic mass is 19.3. The Morgan fingerprint density at radius 1 is 1.04 bits per heavy atom. The van der Waals surface area contributed by atoms with Gasteiger partial charge in [-0.1, -0.05) is 18.2 Å². The van der Waals surface area contributed by atoms with Crippen molar-refractivity contribution in [2.45, 2.75) is 6.61 Å². The largest absolute Gasteiger partial charge is 0.453 e. The van der Waals surface area contributed by atoms with Crippen molar-refractivity contribution >= 4 is 22.7 Å². The van der Waals surface area contributed by atoms with Crippen LogP contribution >= 0.6 is 0 Å². The Bertz CT molecular complexity index is 870. The molecule has 1 heterocycles. The SMILES string of the molecule is O=C(COC(=O)c1cc2ccccc2[nH]1)c1ccc(OC(F)F)cc1. The number of fused-ring (bicyclic) bond motifs is 1. The van der Waals surface area contributed by atoms with Gasteiger partial charge in [-0.25, -0.2) is 4.79 Å². The highest BCUT2D eigenvalue weighted by Crippen LogP contribution is 2.17. The predicted octanol–water partition coefficient (Wildman–Crippen LogP) is 3.81. The number of para-hydroxylation sites is 1. The molecule has 0 fully saturated rings. The third-order valence-corrected chi connectivity index (χ3v) is 3.49. The minimum atomic E-state index is -2.93. The van der Waals surface area contributed by atoms with Crippen LogP contribution in [0.3, 0.4) is 0 Å². The van der Waals surface area contributed by atoms with E-state index in [1.807, 2.05) is 24.3 Å². The first-order valence-corrected chi connectivity index (χ1v) is 7.36. The van der Waals surface area contributed by atoms with Crippen molar-refractivity contribution in [2.24, 2.45) is 0 Å². The number of Topliss-reactive ketones (excluding diaryl/α,β-unsaturated/α-hetero) is 1. The molecule has 1 aromatic heterocycles. The van der Waals surface area contributed by atoms with Crippen LogP contribution in [0, 0.1) is 0 Å². The minimum absolute atomic E-state index is 0.0541. The molecule has 5 nitrogen and oxygen atoms in total. The van der Waals surface area contributed by atoms with E-state index in [1.54, 1.807) is 6.07 Å². The molecule has 0 saturated heterocycles. The van der Waals surface area contributed by atoms with Gasteiger partial charge in [0.25, 0.3) is 0 Å². The standard InChI is InChI=1S/C18H13F2NO4/c19-18(20)25-13-7-5-11(6-8-13)16(22)10-24-17(23)15-9-12-3-1-2-4-14(12)21-15/h1-9,18,21H,10H2. The van der Waals surface area contributed by atoms with Gasteiger partial charge in [0.15, 0.2) is 12.4 Å². The molecule has 0 spiro atoms. The zero-order valence-electron chi connectivity index (χ0n) is 12.9. The normalized spacial score (nSPS) is 10.8. The number of aromatic amines is 1. The fourth-order valence-corrected chi connectivity index (χ4v) is 2.30. The monoisotopic (exact) mass is 345 g/mol. The number of aromatic nitrogens is 1. The fourth-order valence-electron chi connectivity index (χ4n) is 2.30. The van der Waals surface area contributed by atoms with E-state index in [1.165, 1.54) is 24.3 Å². The van der Waals surface area contributed by atoms with Gasteiger partial charge >= 0.3 is 12.6 Å². The highest BCUT2D eigenvalue weighted by molar-refractivity contribution is 6.00. The van der Waals surface area contributed by atoms with E-state index >= 15 is 0 Å². The average Bonchev–Trinajstić information content (AvgIpc) is 3.03. The van der Waals surface area contributed by atoms with Crippen LogP contribution in [-0.4, -0.2) is 30.0 Å². The third-order valence-electron chi connectivity index (χ3n) is 3.49. The lowest BCUT2D eigenvalue weighted by atomic mass is 10.1. The second-order valence-corrected chi connectivity index (χ2v) is 5.17. The van der Waals surface area contributed by atoms with E-state index in [4.69, 9.17) is 4.74 Å². The first-order chi connectivity index (χ1) is 12.0. The van der Waals surface area contributed by atoms with Crippen LogP contribution < -0.4 is 4.74 Å². The molecule has 1 N–H and O–H groups in total. The lowest BCUT2D eigenvalue weighted by molar-refractivity contribution is -0.0498. The zero-order chi connectivity index (χ0) is 17.8. The van der Waals surface area contributed by atoms with Crippen LogP contribution in [-0.2, 0) is 4.74 Å². The summed E-state index contributed by atoms with van der Waals surface area (Å²) in [6.07, 6.45) is 0. The molecule has 0 bridgehead atoms. The van der Waals surface area contributed by atoms with Gasteiger partial charge in [-0.15, -0.1) is 0 Å². The molecular formula is C18H13F2NO4. The van der Waals surface area contributed by atoms with Crippen molar-refractivity contribution in [1.29, 1.82) is 0 Å². The third kappa shape index (κ3) is 4.00. The number of ether oxygens (including phenoxy) is 2. The van der Waals surface area contributed by atoms with E-state index in [9.17, 15) is 18.4 Å². The summed E-state index contributed by atoms with van der Waals surface area (Å²) >= 11 is 0. The Morgan fingerprint density at radius 2 is 1.76 bits per heavy atom. The van der Waals surface area contributed by atoms with E-state index in [2.05, 4.69) is 9.72 Å². The second-order valence-electron chi connectivity index (χ2n) is 5.17. The Labute approximate surface area is 141 Å². The Hall–Kier alpha value is -3.22. The van der Waals surface area contributed by atoms with Crippen molar-refractivity contribution in [1.82, 2.24) is 4.98 Å². The number of nitrogens with one attached hydrogen (secondary N) is 1. The van der Waals surface area contributed by atoms with Crippen LogP contribution in [0.1, 0.15) is 20.8 Å². The summed E-state index contributed by atoms with van der Waals surface area (Å²) in [7, 11) is 0. The van der Waals surface area contributed by atoms with Crippen molar-refractivity contribution in [2.75, 3.05) is 6.61 Å². The first-order valence-electron chi connectivity index (χ1n) is 7.36. The smallest absolute Gasteiger partial charge is 0.387 e. The highest BCUT2D eigenvalue weighted by Gasteiger charge is 2.14. The van der Waals surface area contributed by atoms with E-state index in [0.29, 0.717) is 0 Å². The maximum absolute atomic E-state index is 12.1. The Morgan fingerprint density at radius 3 is 2.44 bits per heavy atom. The van der Waals surface area contributed by atoms with Crippen molar-refractivity contribution in [3.63, 3.8) is 0 Å². The summed E-state index contributed by atoms with van der Waals surface area (Å²) in [5, 5.41) is 0.857. The van der Waals surface area contributed by atoms with Gasteiger partial charge in [0.1, 0.15) is 11.4 Å². The lowest BCUT2D eigenvalue weighted by Gasteiger charge is -2.06. The molecule has 0 radical (unpaired) electrons. The van der Waals surface area contributed by atoms with Crippen molar-refractivity contribution in [3.05, 3.63) is 65.9 Å². The van der Waals surface area contributed by atoms with Crippen LogP contribution in [0.2, 0.25) is 0 Å². The molecule has 3 rings (SSSR count). The summed E-state index contributed by atoms with van der Waals surface area (Å²) in [6.45, 7) is -3.39. The quantitative estimate of drug-likeness (QED) is 0.545. The molecule has 0 aliphatic heterocycles. The Kier molecular flexibility index (Phi) is 4.74. The fraction of sp³-hybridized carbons (Fsp3) is 0.111. The van der Waals surface area contributed by atoms with E-state index in [0.717, 1.165) is 10.9 Å². The average molecular weight is 345 g/mol. The topological polar surface area (TPSA) is 68.4 Å². The molecule has 0 atom stereocenters. The van der Waals surface area contributed by atoms with Gasteiger partial charge in [0, 0.05) is 16.5 Å². The van der Waals surface area contributed by atoms with Gasteiger partial charge in [-0.05, 0) is 36.4 Å². The second kappa shape index (κ2) is 7.12. The molecule has 0 aliphatic rings. The first kappa shape index (κ1) is 16.6. The predicted molar refractivity (Wildman–Crippen MR) is 86.0 cm³/mol. The summed E-state index contributed by atoms with van der Waals surface area (Å²) in [6, 6.07) is 14.1. The van der Waals surface area contributed by atoms with Crippen molar-refractivity contribution in [3.8, 4) is 5.75 Å². The number of esters is 1. The molecule has 0 aliphatic carbocycles. The molecule has 2 aromatic carbocycles. The van der Waals surface area contributed by atoms with Crippen LogP contribution in [0.15, 0.2) is 54.6 Å². The number of rotatable bonds is 6. The van der Waals surface area contributed by atoms with Crippen LogP contribution in [0.5, 0.6) is 5.75 Å². The number of hydrogen-bond acceptors (Lipinski definition) is 4. The number of halogens is 2. The molecule has 0 saturated carbocycles. The lowest BCUT2D eigenvalue weighted by Crippen LogP contribution is -2.14. The molecule has 3 aromatic rings. The number of benzene rings is 2. The molecule has 128 valence electrons. The summed E-state index contributed by atoms with van der Waals surface area (Å²) < 4.78 is 33.4. The van der Waals surface area contributed by atoms with Gasteiger partial charge in [-0.2, -0.15) is 8.78 Å². The number of ketones is 1. The minimum Gasteiger partial charge on any atom is -0.453 e. The number of hydrogen-bond donors (Lipinski definition) is 1. The number of carbonyl (C=O) groups excluding carboxylic acids is 2. The van der Waals surface area contributed by atoms with Crippen LogP contribution in [0.25, 0.3) is 10.9 Å². The van der Waals surface area contributed by atoms with Crippen LogP contribution in [0.4, 0.5) is 8.78 Å². The van der Waals surface area contributed by atoms with Gasteiger partial charge < -0.3 is 14.5 Å². The van der Waals surface area contributed by atoms with Gasteiger partial charge in [0.05, 0.1) is 0 Å². The van der Waals surface area contributed by atoms with E-state index < -0.39 is 25.0 Å². The Balaban J connectivity index is 1.60. The van der Waals surface area contributed by atoms with Gasteiger partial charge in [0.2, 0.25) is 0 Å². The van der Waals surface area contributed by atoms with Gasteiger partial charge in [-0.3, -0.25) is 4.79 Å². The molecule has 0 unspecified atom stereocenters. The summed E-state index contributed by atoms with van der Waals surface area (Å²) in [4.78, 5) is 26.9. The zero-order valence-corrected chi connectivity index (χ0v) is 12.9. The number of carbonyl (C=O) groups is 2. The summed E-state index contributed by atoms with van der Waals surface area (Å²) in [5.74, 6) is -1.16. The number of alkyl halides is 2. The van der Waals surface area contributed by atoms with E-state index in [-0.39, 0.29) is 17.0 Å². The molecule has 0 amide bonds. The van der Waals surface area contributed by atoms with Crippen molar-refractivity contribution < 1.29 is 27.8 Å². The maximum atomic E-state index is 12.1. The molecule has 25 heavy (non-hydrogen) atoms.